The Morgan fingerprint density at radius 2 is 2.05 bits per heavy atom. The third-order valence-corrected chi connectivity index (χ3v) is 3.08. The molecule has 2 aromatic carbocycles. The van der Waals surface area contributed by atoms with Crippen LogP contribution in [0.25, 0.3) is 11.0 Å². The molecule has 1 aromatic heterocycles. The van der Waals surface area contributed by atoms with Crippen LogP contribution in [0.15, 0.2) is 42.5 Å². The Kier molecular flexibility index (Phi) is 2.87. The highest BCUT2D eigenvalue weighted by molar-refractivity contribution is 6.04. The van der Waals surface area contributed by atoms with E-state index in [-0.39, 0.29) is 11.7 Å². The van der Waals surface area contributed by atoms with E-state index in [2.05, 4.69) is 15.3 Å². The number of para-hydroxylation sites is 2. The number of phenolic OH excluding ortho intramolecular Hbond substituents is 1. The number of aromatic amines is 1. The first kappa shape index (κ1) is 12.2. The summed E-state index contributed by atoms with van der Waals surface area (Å²) in [5.41, 5.74) is 2.79. The lowest BCUT2D eigenvalue weighted by Gasteiger charge is -2.04. The zero-order valence-electron chi connectivity index (χ0n) is 10.8. The van der Waals surface area contributed by atoms with E-state index in [4.69, 9.17) is 0 Å². The van der Waals surface area contributed by atoms with E-state index in [1.54, 1.807) is 19.1 Å². The quantitative estimate of drug-likeness (QED) is 0.668. The predicted molar refractivity (Wildman–Crippen MR) is 76.9 cm³/mol. The highest BCUT2D eigenvalue weighted by Gasteiger charge is 2.10. The summed E-state index contributed by atoms with van der Waals surface area (Å²) in [4.78, 5) is 19.4. The van der Waals surface area contributed by atoms with Gasteiger partial charge in [-0.3, -0.25) is 10.1 Å². The van der Waals surface area contributed by atoms with Crippen LogP contribution in [0.5, 0.6) is 5.75 Å². The van der Waals surface area contributed by atoms with Crippen LogP contribution in [0.4, 0.5) is 5.95 Å². The van der Waals surface area contributed by atoms with Crippen molar-refractivity contribution in [3.63, 3.8) is 0 Å². The average molecular weight is 267 g/mol. The maximum atomic E-state index is 12.1. The minimum Gasteiger partial charge on any atom is -0.508 e. The Morgan fingerprint density at radius 3 is 2.80 bits per heavy atom. The maximum absolute atomic E-state index is 12.1. The van der Waals surface area contributed by atoms with Crippen LogP contribution in [0.1, 0.15) is 15.9 Å². The largest absolute Gasteiger partial charge is 0.508 e. The van der Waals surface area contributed by atoms with Gasteiger partial charge in [0.15, 0.2) is 0 Å². The summed E-state index contributed by atoms with van der Waals surface area (Å²) < 4.78 is 0. The number of hydrogen-bond acceptors (Lipinski definition) is 3. The zero-order valence-corrected chi connectivity index (χ0v) is 10.8. The summed E-state index contributed by atoms with van der Waals surface area (Å²) in [6.07, 6.45) is 0. The molecule has 100 valence electrons. The van der Waals surface area contributed by atoms with Gasteiger partial charge in [-0.1, -0.05) is 12.1 Å². The van der Waals surface area contributed by atoms with E-state index in [1.807, 2.05) is 24.3 Å². The van der Waals surface area contributed by atoms with Crippen LogP contribution >= 0.6 is 0 Å². The van der Waals surface area contributed by atoms with Crippen molar-refractivity contribution in [3.05, 3.63) is 53.6 Å². The van der Waals surface area contributed by atoms with Crippen molar-refractivity contribution in [2.75, 3.05) is 5.32 Å². The van der Waals surface area contributed by atoms with Gasteiger partial charge in [-0.15, -0.1) is 0 Å². The van der Waals surface area contributed by atoms with Crippen LogP contribution in [0.3, 0.4) is 0 Å². The molecule has 20 heavy (non-hydrogen) atoms. The fourth-order valence-corrected chi connectivity index (χ4v) is 1.99. The molecule has 5 nitrogen and oxygen atoms in total. The molecule has 3 N–H and O–H groups in total. The van der Waals surface area contributed by atoms with E-state index in [0.717, 1.165) is 11.0 Å². The third kappa shape index (κ3) is 2.21. The van der Waals surface area contributed by atoms with Gasteiger partial charge in [0.1, 0.15) is 5.75 Å². The summed E-state index contributed by atoms with van der Waals surface area (Å²) in [5.74, 6) is 0.305. The van der Waals surface area contributed by atoms with E-state index in [9.17, 15) is 9.90 Å². The second-order valence-electron chi connectivity index (χ2n) is 4.56. The van der Waals surface area contributed by atoms with E-state index >= 15 is 0 Å². The average Bonchev–Trinajstić information content (AvgIpc) is 2.83. The predicted octanol–water partition coefficient (Wildman–Crippen LogP) is 2.83. The van der Waals surface area contributed by atoms with Crippen LogP contribution < -0.4 is 5.32 Å². The van der Waals surface area contributed by atoms with Crippen LogP contribution in [-0.4, -0.2) is 21.0 Å². The van der Waals surface area contributed by atoms with Crippen molar-refractivity contribution in [1.82, 2.24) is 9.97 Å². The van der Waals surface area contributed by atoms with Crippen LogP contribution in [-0.2, 0) is 0 Å². The number of rotatable bonds is 2. The van der Waals surface area contributed by atoms with Gasteiger partial charge in [0, 0.05) is 5.56 Å². The molecule has 0 saturated heterocycles. The first-order valence-electron chi connectivity index (χ1n) is 6.19. The van der Waals surface area contributed by atoms with Crippen molar-refractivity contribution < 1.29 is 9.90 Å². The highest BCUT2D eigenvalue weighted by atomic mass is 16.3. The molecule has 0 spiro atoms. The molecule has 1 heterocycles. The molecule has 0 radical (unpaired) electrons. The van der Waals surface area contributed by atoms with Crippen LogP contribution in [0.2, 0.25) is 0 Å². The smallest absolute Gasteiger partial charge is 0.257 e. The number of benzene rings is 2. The molecule has 0 fully saturated rings. The standard InChI is InChI=1S/C15H13N3O2/c1-9-8-10(6-7-13(9)19)14(20)18-15-16-11-4-2-3-5-12(11)17-15/h2-8,19H,1H3,(H2,16,17,18,20). The number of aryl methyl sites for hydroxylation is 1. The Balaban J connectivity index is 1.86. The second-order valence-corrected chi connectivity index (χ2v) is 4.56. The van der Waals surface area contributed by atoms with E-state index < -0.39 is 0 Å². The number of phenols is 1. The molecule has 0 aliphatic carbocycles. The van der Waals surface area contributed by atoms with Gasteiger partial charge < -0.3 is 10.1 Å². The molecule has 3 rings (SSSR count). The van der Waals surface area contributed by atoms with Crippen LogP contribution in [0, 0.1) is 6.92 Å². The number of aromatic hydroxyl groups is 1. The third-order valence-electron chi connectivity index (χ3n) is 3.08. The van der Waals surface area contributed by atoms with Crippen molar-refractivity contribution >= 4 is 22.9 Å². The lowest BCUT2D eigenvalue weighted by Crippen LogP contribution is -2.13. The summed E-state index contributed by atoms with van der Waals surface area (Å²) in [7, 11) is 0. The number of hydrogen-bond donors (Lipinski definition) is 3. The van der Waals surface area contributed by atoms with Gasteiger partial charge in [0.2, 0.25) is 5.95 Å². The number of H-pyrrole nitrogens is 1. The molecule has 0 aliphatic rings. The molecule has 0 unspecified atom stereocenters. The van der Waals surface area contributed by atoms with Gasteiger partial charge in [-0.25, -0.2) is 4.98 Å². The fourth-order valence-electron chi connectivity index (χ4n) is 1.99. The fraction of sp³-hybridized carbons (Fsp3) is 0.0667. The summed E-state index contributed by atoms with van der Waals surface area (Å²) in [5, 5.41) is 12.2. The Bertz CT molecular complexity index is 760. The van der Waals surface area contributed by atoms with Crippen molar-refractivity contribution in [1.29, 1.82) is 0 Å². The number of fused-ring (bicyclic) bond motifs is 1. The Morgan fingerprint density at radius 1 is 1.25 bits per heavy atom. The minimum atomic E-state index is -0.271. The van der Waals surface area contributed by atoms with Gasteiger partial charge in [0.25, 0.3) is 5.91 Å². The summed E-state index contributed by atoms with van der Waals surface area (Å²) >= 11 is 0. The molecular weight excluding hydrogens is 254 g/mol. The van der Waals surface area contributed by atoms with Gasteiger partial charge >= 0.3 is 0 Å². The lowest BCUT2D eigenvalue weighted by atomic mass is 10.1. The maximum Gasteiger partial charge on any atom is 0.257 e. The summed E-state index contributed by atoms with van der Waals surface area (Å²) in [6.45, 7) is 1.74. The van der Waals surface area contributed by atoms with Crippen molar-refractivity contribution in [3.8, 4) is 5.75 Å². The lowest BCUT2D eigenvalue weighted by molar-refractivity contribution is 0.102. The van der Waals surface area contributed by atoms with Gasteiger partial charge in [-0.05, 0) is 42.8 Å². The number of carbonyl (C=O) groups is 1. The Hall–Kier alpha value is -2.82. The first-order valence-corrected chi connectivity index (χ1v) is 6.19. The van der Waals surface area contributed by atoms with Gasteiger partial charge in [-0.2, -0.15) is 0 Å². The molecule has 5 heteroatoms. The zero-order chi connectivity index (χ0) is 14.1. The van der Waals surface area contributed by atoms with Crippen molar-refractivity contribution in [2.45, 2.75) is 6.92 Å². The number of imidazole rings is 1. The number of carbonyl (C=O) groups excluding carboxylic acids is 1. The molecule has 0 saturated carbocycles. The summed E-state index contributed by atoms with van der Waals surface area (Å²) in [6, 6.07) is 12.2. The number of amides is 1. The van der Waals surface area contributed by atoms with Crippen molar-refractivity contribution in [2.24, 2.45) is 0 Å². The normalized spacial score (nSPS) is 10.7. The molecule has 0 atom stereocenters. The molecule has 0 aliphatic heterocycles. The highest BCUT2D eigenvalue weighted by Crippen LogP contribution is 2.18. The van der Waals surface area contributed by atoms with E-state index in [1.165, 1.54) is 6.07 Å². The first-order chi connectivity index (χ1) is 9.63. The number of aromatic nitrogens is 2. The molecule has 1 amide bonds. The molecule has 3 aromatic rings. The number of anilines is 1. The SMILES string of the molecule is Cc1cc(C(=O)Nc2nc3ccccc3[nH]2)ccc1O. The molecule has 0 bridgehead atoms. The topological polar surface area (TPSA) is 78.0 Å². The number of nitrogens with one attached hydrogen (secondary N) is 2. The molecular formula is C15H13N3O2. The van der Waals surface area contributed by atoms with Gasteiger partial charge in [0.05, 0.1) is 11.0 Å². The van der Waals surface area contributed by atoms with E-state index in [0.29, 0.717) is 17.1 Å². The Labute approximate surface area is 115 Å². The monoisotopic (exact) mass is 267 g/mol. The minimum absolute atomic E-state index is 0.172. The second kappa shape index (κ2) is 4.70. The number of nitrogens with zero attached hydrogens (tertiary/aromatic N) is 1.